The Hall–Kier alpha value is -1.36. The summed E-state index contributed by atoms with van der Waals surface area (Å²) < 4.78 is 5.36. The molecule has 0 unspecified atom stereocenters. The summed E-state index contributed by atoms with van der Waals surface area (Å²) in [7, 11) is 0. The number of carbonyl (C=O) groups is 2. The van der Waals surface area contributed by atoms with E-state index in [1.165, 1.54) is 0 Å². The molecule has 1 fully saturated rings. The van der Waals surface area contributed by atoms with Crippen molar-refractivity contribution in [1.82, 2.24) is 9.80 Å². The average molecular weight is 282 g/mol. The van der Waals surface area contributed by atoms with Crippen LogP contribution >= 0.6 is 0 Å². The van der Waals surface area contributed by atoms with Crippen molar-refractivity contribution >= 4 is 11.9 Å². The summed E-state index contributed by atoms with van der Waals surface area (Å²) in [6.07, 6.45) is 4.15. The summed E-state index contributed by atoms with van der Waals surface area (Å²) in [5, 5.41) is 0. The first-order valence-electron chi connectivity index (χ1n) is 7.15. The predicted octanol–water partition coefficient (Wildman–Crippen LogP) is 2.07. The van der Waals surface area contributed by atoms with Gasteiger partial charge in [-0.3, -0.25) is 9.69 Å². The van der Waals surface area contributed by atoms with E-state index in [2.05, 4.69) is 4.90 Å². The maximum atomic E-state index is 11.9. The van der Waals surface area contributed by atoms with Crippen molar-refractivity contribution < 1.29 is 14.3 Å². The fourth-order valence-electron chi connectivity index (χ4n) is 1.99. The Morgan fingerprint density at radius 2 is 1.75 bits per heavy atom. The third-order valence-electron chi connectivity index (χ3n) is 2.99. The van der Waals surface area contributed by atoms with Gasteiger partial charge in [-0.25, -0.2) is 4.79 Å². The van der Waals surface area contributed by atoms with Crippen molar-refractivity contribution in [2.24, 2.45) is 0 Å². The monoisotopic (exact) mass is 282 g/mol. The van der Waals surface area contributed by atoms with Crippen LogP contribution in [-0.4, -0.2) is 60.0 Å². The largest absolute Gasteiger partial charge is 0.444 e. The molecule has 0 radical (unpaired) electrons. The van der Waals surface area contributed by atoms with E-state index in [-0.39, 0.29) is 11.9 Å². The fraction of sp³-hybridized carbons (Fsp3) is 0.733. The molecule has 20 heavy (non-hydrogen) atoms. The zero-order chi connectivity index (χ0) is 15.2. The van der Waals surface area contributed by atoms with E-state index >= 15 is 0 Å². The molecule has 0 aromatic heterocycles. The molecule has 1 aliphatic rings. The molecule has 0 bridgehead atoms. The molecule has 0 atom stereocenters. The van der Waals surface area contributed by atoms with E-state index in [1.54, 1.807) is 17.9 Å². The zero-order valence-corrected chi connectivity index (χ0v) is 13.0. The fourth-order valence-corrected chi connectivity index (χ4v) is 1.99. The second-order valence-electron chi connectivity index (χ2n) is 6.11. The Morgan fingerprint density at radius 1 is 1.15 bits per heavy atom. The molecule has 1 saturated heterocycles. The number of ketones is 1. The first-order valence-corrected chi connectivity index (χ1v) is 7.15. The van der Waals surface area contributed by atoms with Crippen LogP contribution in [0.4, 0.5) is 4.79 Å². The molecule has 0 aliphatic carbocycles. The Morgan fingerprint density at radius 3 is 2.25 bits per heavy atom. The first kappa shape index (κ1) is 16.7. The quantitative estimate of drug-likeness (QED) is 0.741. The van der Waals surface area contributed by atoms with Gasteiger partial charge in [0.15, 0.2) is 5.78 Å². The Balaban J connectivity index is 2.26. The van der Waals surface area contributed by atoms with E-state index in [0.29, 0.717) is 13.1 Å². The molecule has 114 valence electrons. The molecular weight excluding hydrogens is 256 g/mol. The second kappa shape index (κ2) is 7.43. The number of nitrogens with zero attached hydrogens (tertiary/aromatic N) is 2. The molecule has 0 spiro atoms. The minimum atomic E-state index is -0.439. The van der Waals surface area contributed by atoms with Crippen molar-refractivity contribution in [3.8, 4) is 0 Å². The highest BCUT2D eigenvalue weighted by molar-refractivity contribution is 5.87. The molecule has 5 nitrogen and oxygen atoms in total. The smallest absolute Gasteiger partial charge is 0.410 e. The minimum absolute atomic E-state index is 0.0831. The number of piperazine rings is 1. The van der Waals surface area contributed by atoms with Crippen LogP contribution in [-0.2, 0) is 9.53 Å². The summed E-state index contributed by atoms with van der Waals surface area (Å²) in [4.78, 5) is 26.7. The van der Waals surface area contributed by atoms with Gasteiger partial charge in [0.25, 0.3) is 0 Å². The lowest BCUT2D eigenvalue weighted by Crippen LogP contribution is -2.50. The molecule has 1 aliphatic heterocycles. The highest BCUT2D eigenvalue weighted by atomic mass is 16.6. The molecule has 5 heteroatoms. The number of carbonyl (C=O) groups excluding carboxylic acids is 2. The van der Waals surface area contributed by atoms with Crippen molar-refractivity contribution in [3.05, 3.63) is 12.2 Å². The van der Waals surface area contributed by atoms with Gasteiger partial charge in [-0.1, -0.05) is 6.08 Å². The Labute approximate surface area is 121 Å². The summed E-state index contributed by atoms with van der Waals surface area (Å²) in [6.45, 7) is 11.2. The number of hydrogen-bond donors (Lipinski definition) is 0. The lowest BCUT2D eigenvalue weighted by Gasteiger charge is -2.35. The third-order valence-corrected chi connectivity index (χ3v) is 2.99. The van der Waals surface area contributed by atoms with Crippen LogP contribution < -0.4 is 0 Å². The summed E-state index contributed by atoms with van der Waals surface area (Å²) in [5.74, 6) is 0.0831. The van der Waals surface area contributed by atoms with Crippen molar-refractivity contribution in [3.63, 3.8) is 0 Å². The molecule has 0 aromatic carbocycles. The SMILES string of the molecule is CC(=O)/C=C/CCN1CCN(C(=O)OC(C)(C)C)CC1. The number of hydrogen-bond acceptors (Lipinski definition) is 4. The molecular formula is C15H26N2O3. The van der Waals surface area contributed by atoms with Gasteiger partial charge in [-0.2, -0.15) is 0 Å². The van der Waals surface area contributed by atoms with Gasteiger partial charge >= 0.3 is 6.09 Å². The normalized spacial score (nSPS) is 17.5. The number of ether oxygens (including phenoxy) is 1. The highest BCUT2D eigenvalue weighted by Gasteiger charge is 2.25. The van der Waals surface area contributed by atoms with Crippen molar-refractivity contribution in [2.75, 3.05) is 32.7 Å². The van der Waals surface area contributed by atoms with E-state index < -0.39 is 5.60 Å². The van der Waals surface area contributed by atoms with E-state index in [4.69, 9.17) is 4.74 Å². The van der Waals surface area contributed by atoms with Gasteiger partial charge < -0.3 is 9.64 Å². The summed E-state index contributed by atoms with van der Waals surface area (Å²) >= 11 is 0. The van der Waals surface area contributed by atoms with Crippen LogP contribution in [0.3, 0.4) is 0 Å². The van der Waals surface area contributed by atoms with Crippen LogP contribution in [0.2, 0.25) is 0 Å². The first-order chi connectivity index (χ1) is 9.28. The van der Waals surface area contributed by atoms with Crippen LogP contribution in [0, 0.1) is 0 Å². The van der Waals surface area contributed by atoms with Crippen molar-refractivity contribution in [1.29, 1.82) is 0 Å². The molecule has 1 amide bonds. The van der Waals surface area contributed by atoms with E-state index in [1.807, 2.05) is 26.8 Å². The van der Waals surface area contributed by atoms with Gasteiger partial charge in [0.1, 0.15) is 5.60 Å². The van der Waals surface area contributed by atoms with Gasteiger partial charge in [-0.05, 0) is 40.2 Å². The Kier molecular flexibility index (Phi) is 6.20. The van der Waals surface area contributed by atoms with Gasteiger partial charge in [0, 0.05) is 32.7 Å². The highest BCUT2D eigenvalue weighted by Crippen LogP contribution is 2.11. The molecule has 1 heterocycles. The standard InChI is InChI=1S/C15H26N2O3/c1-13(18)7-5-6-8-16-9-11-17(12-10-16)14(19)20-15(2,3)4/h5,7H,6,8-12H2,1-4H3/b7-5+. The molecule has 0 aromatic rings. The summed E-state index contributed by atoms with van der Waals surface area (Å²) in [5.41, 5.74) is -0.439. The second-order valence-corrected chi connectivity index (χ2v) is 6.11. The number of amides is 1. The number of rotatable bonds is 4. The van der Waals surface area contributed by atoms with Crippen LogP contribution in [0.5, 0.6) is 0 Å². The van der Waals surface area contributed by atoms with Gasteiger partial charge in [0.2, 0.25) is 0 Å². The van der Waals surface area contributed by atoms with E-state index in [0.717, 1.165) is 26.1 Å². The van der Waals surface area contributed by atoms with Crippen LogP contribution in [0.25, 0.3) is 0 Å². The molecule has 0 N–H and O–H groups in total. The average Bonchev–Trinajstić information content (AvgIpc) is 2.33. The van der Waals surface area contributed by atoms with Gasteiger partial charge in [0.05, 0.1) is 0 Å². The summed E-state index contributed by atoms with van der Waals surface area (Å²) in [6, 6.07) is 0. The van der Waals surface area contributed by atoms with Crippen LogP contribution in [0.1, 0.15) is 34.1 Å². The lowest BCUT2D eigenvalue weighted by atomic mass is 10.2. The van der Waals surface area contributed by atoms with Crippen LogP contribution in [0.15, 0.2) is 12.2 Å². The maximum absolute atomic E-state index is 11.9. The zero-order valence-electron chi connectivity index (χ0n) is 13.0. The maximum Gasteiger partial charge on any atom is 0.410 e. The van der Waals surface area contributed by atoms with E-state index in [9.17, 15) is 9.59 Å². The minimum Gasteiger partial charge on any atom is -0.444 e. The topological polar surface area (TPSA) is 49.9 Å². The number of allylic oxidation sites excluding steroid dienone is 1. The lowest BCUT2D eigenvalue weighted by molar-refractivity contribution is -0.112. The third kappa shape index (κ3) is 6.70. The predicted molar refractivity (Wildman–Crippen MR) is 78.7 cm³/mol. The molecule has 0 saturated carbocycles. The van der Waals surface area contributed by atoms with Gasteiger partial charge in [-0.15, -0.1) is 0 Å². The Bertz CT molecular complexity index is 364. The van der Waals surface area contributed by atoms with Crippen molar-refractivity contribution in [2.45, 2.75) is 39.7 Å². The molecule has 1 rings (SSSR count).